The van der Waals surface area contributed by atoms with E-state index in [4.69, 9.17) is 16.3 Å². The SMILES string of the molecule is COc1ccc2c(c1)/C(=C\c1c(Cl)[nH]c3ccc(N(C)C)cc13)C(=O)N2. The first kappa shape index (κ1) is 16.5. The number of hydrogen-bond donors (Lipinski definition) is 2. The lowest BCUT2D eigenvalue weighted by Gasteiger charge is -2.12. The first-order chi connectivity index (χ1) is 12.5. The van der Waals surface area contributed by atoms with Gasteiger partial charge in [0.15, 0.2) is 0 Å². The second-order valence-electron chi connectivity index (χ2n) is 6.40. The van der Waals surface area contributed by atoms with E-state index in [9.17, 15) is 4.79 Å². The Hall–Kier alpha value is -2.92. The number of H-pyrrole nitrogens is 1. The maximum atomic E-state index is 12.5. The number of amides is 1. The number of methoxy groups -OCH3 is 1. The summed E-state index contributed by atoms with van der Waals surface area (Å²) < 4.78 is 5.29. The van der Waals surface area contributed by atoms with Crippen molar-refractivity contribution in [2.45, 2.75) is 0 Å². The molecule has 26 heavy (non-hydrogen) atoms. The highest BCUT2D eigenvalue weighted by molar-refractivity contribution is 6.38. The number of rotatable bonds is 3. The van der Waals surface area contributed by atoms with Crippen LogP contribution in [0.5, 0.6) is 5.75 Å². The smallest absolute Gasteiger partial charge is 0.256 e. The summed E-state index contributed by atoms with van der Waals surface area (Å²) in [7, 11) is 5.58. The summed E-state index contributed by atoms with van der Waals surface area (Å²) >= 11 is 6.44. The molecule has 0 saturated carbocycles. The lowest BCUT2D eigenvalue weighted by molar-refractivity contribution is -0.110. The van der Waals surface area contributed by atoms with Crippen LogP contribution >= 0.6 is 11.6 Å². The van der Waals surface area contributed by atoms with Crippen molar-refractivity contribution in [2.75, 3.05) is 31.4 Å². The number of carbonyl (C=O) groups is 1. The molecule has 4 rings (SSSR count). The molecule has 1 aromatic heterocycles. The summed E-state index contributed by atoms with van der Waals surface area (Å²) in [6, 6.07) is 11.6. The number of fused-ring (bicyclic) bond motifs is 2. The Bertz CT molecular complexity index is 1070. The molecule has 5 nitrogen and oxygen atoms in total. The van der Waals surface area contributed by atoms with E-state index >= 15 is 0 Å². The minimum absolute atomic E-state index is 0.151. The Labute approximate surface area is 156 Å². The summed E-state index contributed by atoms with van der Waals surface area (Å²) in [5.41, 5.74) is 4.93. The highest BCUT2D eigenvalue weighted by Gasteiger charge is 2.25. The number of anilines is 2. The van der Waals surface area contributed by atoms with Gasteiger partial charge in [-0.15, -0.1) is 0 Å². The Balaban J connectivity index is 1.91. The molecule has 0 aliphatic carbocycles. The quantitative estimate of drug-likeness (QED) is 0.675. The lowest BCUT2D eigenvalue weighted by Crippen LogP contribution is -2.08. The van der Waals surface area contributed by atoms with Crippen LogP contribution in [-0.2, 0) is 4.79 Å². The largest absolute Gasteiger partial charge is 0.497 e. The normalized spacial score (nSPS) is 14.6. The molecular weight excluding hydrogens is 350 g/mol. The third-order valence-electron chi connectivity index (χ3n) is 4.59. The fourth-order valence-corrected chi connectivity index (χ4v) is 3.43. The third-order valence-corrected chi connectivity index (χ3v) is 4.89. The van der Waals surface area contributed by atoms with Crippen molar-refractivity contribution in [3.8, 4) is 5.75 Å². The van der Waals surface area contributed by atoms with Crippen LogP contribution < -0.4 is 15.0 Å². The summed E-state index contributed by atoms with van der Waals surface area (Å²) in [6.45, 7) is 0. The standard InChI is InChI=1S/C20H18ClN3O2/c1-24(2)11-4-6-17-13(8-11)15(19(21)22-17)10-16-14-9-12(26-3)5-7-18(14)23-20(16)25/h4-10,22H,1-3H3,(H,23,25)/b16-10+. The minimum Gasteiger partial charge on any atom is -0.497 e. The number of aromatic amines is 1. The van der Waals surface area contributed by atoms with Gasteiger partial charge >= 0.3 is 0 Å². The maximum absolute atomic E-state index is 12.5. The fourth-order valence-electron chi connectivity index (χ4n) is 3.17. The van der Waals surface area contributed by atoms with Crippen LogP contribution in [0.2, 0.25) is 5.15 Å². The number of carbonyl (C=O) groups excluding carboxylic acids is 1. The Morgan fingerprint density at radius 1 is 1.15 bits per heavy atom. The van der Waals surface area contributed by atoms with Gasteiger partial charge in [-0.3, -0.25) is 4.79 Å². The highest BCUT2D eigenvalue weighted by atomic mass is 35.5. The molecule has 132 valence electrons. The van der Waals surface area contributed by atoms with Crippen LogP contribution in [0.4, 0.5) is 11.4 Å². The van der Waals surface area contributed by atoms with Gasteiger partial charge in [0.2, 0.25) is 0 Å². The monoisotopic (exact) mass is 367 g/mol. The van der Waals surface area contributed by atoms with Gasteiger partial charge in [0.1, 0.15) is 10.9 Å². The number of nitrogens with one attached hydrogen (secondary N) is 2. The van der Waals surface area contributed by atoms with E-state index in [1.807, 2.05) is 55.4 Å². The predicted octanol–water partition coefficient (Wildman–Crippen LogP) is 4.39. The van der Waals surface area contributed by atoms with Gasteiger partial charge in [0.05, 0.1) is 7.11 Å². The Morgan fingerprint density at radius 2 is 1.96 bits per heavy atom. The second-order valence-corrected chi connectivity index (χ2v) is 6.78. The minimum atomic E-state index is -0.151. The topological polar surface area (TPSA) is 57.4 Å². The number of nitrogens with zero attached hydrogens (tertiary/aromatic N) is 1. The predicted molar refractivity (Wildman–Crippen MR) is 107 cm³/mol. The number of aromatic nitrogens is 1. The number of ether oxygens (including phenoxy) is 1. The van der Waals surface area contributed by atoms with Crippen molar-refractivity contribution < 1.29 is 9.53 Å². The molecule has 0 atom stereocenters. The Morgan fingerprint density at radius 3 is 2.69 bits per heavy atom. The molecule has 2 N–H and O–H groups in total. The van der Waals surface area contributed by atoms with E-state index in [0.29, 0.717) is 16.5 Å². The van der Waals surface area contributed by atoms with Crippen molar-refractivity contribution in [1.82, 2.24) is 4.98 Å². The average Bonchev–Trinajstić information content (AvgIpc) is 3.10. The van der Waals surface area contributed by atoms with Gasteiger partial charge in [-0.2, -0.15) is 0 Å². The number of halogens is 1. The first-order valence-corrected chi connectivity index (χ1v) is 8.55. The fraction of sp³-hybridized carbons (Fsp3) is 0.150. The molecule has 2 heterocycles. The van der Waals surface area contributed by atoms with Crippen LogP contribution in [0, 0.1) is 0 Å². The van der Waals surface area contributed by atoms with E-state index in [1.165, 1.54) is 0 Å². The van der Waals surface area contributed by atoms with Gasteiger partial charge in [-0.1, -0.05) is 11.6 Å². The Kier molecular flexibility index (Phi) is 3.89. The molecule has 1 amide bonds. The van der Waals surface area contributed by atoms with Crippen molar-refractivity contribution in [1.29, 1.82) is 0 Å². The molecule has 0 spiro atoms. The van der Waals surface area contributed by atoms with Crippen LogP contribution in [0.25, 0.3) is 22.6 Å². The van der Waals surface area contributed by atoms with E-state index in [0.717, 1.165) is 33.4 Å². The first-order valence-electron chi connectivity index (χ1n) is 8.18. The molecule has 1 aliphatic rings. The zero-order chi connectivity index (χ0) is 18.4. The molecule has 0 bridgehead atoms. The van der Waals surface area contributed by atoms with Crippen molar-refractivity contribution >= 4 is 51.4 Å². The average molecular weight is 368 g/mol. The van der Waals surface area contributed by atoms with Crippen molar-refractivity contribution in [3.63, 3.8) is 0 Å². The van der Waals surface area contributed by atoms with Crippen molar-refractivity contribution in [2.24, 2.45) is 0 Å². The number of benzene rings is 2. The molecular formula is C20H18ClN3O2. The molecule has 1 aliphatic heterocycles. The van der Waals surface area contributed by atoms with Gasteiger partial charge in [0.25, 0.3) is 5.91 Å². The van der Waals surface area contributed by atoms with Crippen LogP contribution in [0.15, 0.2) is 36.4 Å². The van der Waals surface area contributed by atoms with E-state index < -0.39 is 0 Å². The number of hydrogen-bond acceptors (Lipinski definition) is 3. The van der Waals surface area contributed by atoms with Gasteiger partial charge in [-0.25, -0.2) is 0 Å². The molecule has 6 heteroatoms. The van der Waals surface area contributed by atoms with Gasteiger partial charge in [-0.05, 0) is 42.5 Å². The molecule has 0 fully saturated rings. The zero-order valence-corrected chi connectivity index (χ0v) is 15.4. The summed E-state index contributed by atoms with van der Waals surface area (Å²) in [4.78, 5) is 17.7. The molecule has 2 aromatic carbocycles. The second kappa shape index (κ2) is 6.11. The molecule has 0 unspecified atom stereocenters. The summed E-state index contributed by atoms with van der Waals surface area (Å²) in [6.07, 6.45) is 1.83. The summed E-state index contributed by atoms with van der Waals surface area (Å²) in [5, 5.41) is 4.36. The molecule has 0 radical (unpaired) electrons. The molecule has 0 saturated heterocycles. The van der Waals surface area contributed by atoms with Gasteiger partial charge < -0.3 is 19.9 Å². The zero-order valence-electron chi connectivity index (χ0n) is 14.7. The van der Waals surface area contributed by atoms with E-state index in [-0.39, 0.29) is 5.91 Å². The van der Waals surface area contributed by atoms with E-state index in [2.05, 4.69) is 16.4 Å². The maximum Gasteiger partial charge on any atom is 0.256 e. The van der Waals surface area contributed by atoms with Crippen LogP contribution in [0.3, 0.4) is 0 Å². The summed E-state index contributed by atoms with van der Waals surface area (Å²) in [5.74, 6) is 0.550. The highest BCUT2D eigenvalue weighted by Crippen LogP contribution is 2.38. The van der Waals surface area contributed by atoms with Crippen molar-refractivity contribution in [3.05, 3.63) is 52.7 Å². The van der Waals surface area contributed by atoms with Crippen LogP contribution in [0.1, 0.15) is 11.1 Å². The van der Waals surface area contributed by atoms with Gasteiger partial charge in [0, 0.05) is 53.1 Å². The molecule has 3 aromatic rings. The lowest BCUT2D eigenvalue weighted by atomic mass is 10.0. The van der Waals surface area contributed by atoms with E-state index in [1.54, 1.807) is 7.11 Å². The third kappa shape index (κ3) is 2.61. The van der Waals surface area contributed by atoms with Crippen LogP contribution in [-0.4, -0.2) is 32.1 Å².